The number of halogens is 1. The van der Waals surface area contributed by atoms with Gasteiger partial charge >= 0.3 is 0 Å². The molecule has 0 aliphatic heterocycles. The average Bonchev–Trinajstić information content (AvgIpc) is 3.24. The molecule has 1 unspecified atom stereocenters. The molecule has 0 aliphatic rings. The van der Waals surface area contributed by atoms with E-state index in [0.29, 0.717) is 6.54 Å². The van der Waals surface area contributed by atoms with Gasteiger partial charge in [0.2, 0.25) is 0 Å². The van der Waals surface area contributed by atoms with E-state index in [2.05, 4.69) is 10.0 Å². The molecular weight excluding hydrogens is 425 g/mol. The quantitative estimate of drug-likeness (QED) is 0.552. The van der Waals surface area contributed by atoms with Gasteiger partial charge in [0.15, 0.2) is 0 Å². The first-order chi connectivity index (χ1) is 14.3. The summed E-state index contributed by atoms with van der Waals surface area (Å²) in [5, 5.41) is 6.86. The minimum Gasteiger partial charge on any atom is -0.350 e. The van der Waals surface area contributed by atoms with Gasteiger partial charge in [-0.05, 0) is 66.8 Å². The van der Waals surface area contributed by atoms with Gasteiger partial charge in [-0.3, -0.25) is 9.52 Å². The highest BCUT2D eigenvalue weighted by Crippen LogP contribution is 2.21. The van der Waals surface area contributed by atoms with Crippen molar-refractivity contribution in [3.05, 3.63) is 82.3 Å². The number of hydrogen-bond acceptors (Lipinski definition) is 5. The first-order valence-corrected chi connectivity index (χ1v) is 11.5. The van der Waals surface area contributed by atoms with Crippen molar-refractivity contribution in [1.29, 1.82) is 0 Å². The number of hydrogen-bond donors (Lipinski definition) is 2. The molecule has 30 heavy (non-hydrogen) atoms. The third-order valence-electron chi connectivity index (χ3n) is 4.53. The van der Waals surface area contributed by atoms with Crippen molar-refractivity contribution >= 4 is 33.0 Å². The summed E-state index contributed by atoms with van der Waals surface area (Å²) in [6.07, 6.45) is 0. The lowest BCUT2D eigenvalue weighted by Crippen LogP contribution is -2.34. The molecule has 1 heterocycles. The third-order valence-corrected chi connectivity index (χ3v) is 6.60. The van der Waals surface area contributed by atoms with Crippen LogP contribution in [0.2, 0.25) is 0 Å². The Bertz CT molecular complexity index is 1120. The van der Waals surface area contributed by atoms with Gasteiger partial charge < -0.3 is 10.2 Å². The molecular formula is C21H22FN3O3S2. The number of nitrogens with one attached hydrogen (secondary N) is 2. The highest BCUT2D eigenvalue weighted by atomic mass is 32.2. The fraction of sp³-hybridized carbons (Fsp3) is 0.190. The van der Waals surface area contributed by atoms with Gasteiger partial charge in [0.1, 0.15) is 5.82 Å². The van der Waals surface area contributed by atoms with Crippen molar-refractivity contribution in [1.82, 2.24) is 10.2 Å². The summed E-state index contributed by atoms with van der Waals surface area (Å²) < 4.78 is 41.3. The number of carbonyl (C=O) groups is 1. The Hall–Kier alpha value is -2.75. The monoisotopic (exact) mass is 447 g/mol. The second kappa shape index (κ2) is 9.38. The second-order valence-electron chi connectivity index (χ2n) is 6.86. The van der Waals surface area contributed by atoms with Crippen LogP contribution in [0.15, 0.2) is 70.3 Å². The van der Waals surface area contributed by atoms with Crippen LogP contribution in [0.3, 0.4) is 0 Å². The van der Waals surface area contributed by atoms with Crippen LogP contribution in [0.5, 0.6) is 0 Å². The van der Waals surface area contributed by atoms with Crippen LogP contribution in [0.1, 0.15) is 22.0 Å². The fourth-order valence-electron chi connectivity index (χ4n) is 2.91. The lowest BCUT2D eigenvalue weighted by molar-refractivity contribution is 0.0941. The predicted molar refractivity (Wildman–Crippen MR) is 117 cm³/mol. The standard InChI is InChI=1S/C21H22FN3O3S2/c1-25(2)20(16-10-11-29-14-16)13-23-21(26)15-6-5-7-17(12-15)30(27,28)24-19-9-4-3-8-18(19)22/h3-12,14,20,24H,13H2,1-2H3,(H,23,26). The van der Waals surface area contributed by atoms with E-state index in [1.807, 2.05) is 35.8 Å². The van der Waals surface area contributed by atoms with Gasteiger partial charge in [-0.2, -0.15) is 11.3 Å². The van der Waals surface area contributed by atoms with Crippen LogP contribution in [0, 0.1) is 5.82 Å². The molecule has 0 aliphatic carbocycles. The maximum absolute atomic E-state index is 13.8. The zero-order chi connectivity index (χ0) is 21.7. The molecule has 1 amide bonds. The largest absolute Gasteiger partial charge is 0.350 e. The van der Waals surface area contributed by atoms with Crippen molar-refractivity contribution in [2.45, 2.75) is 10.9 Å². The van der Waals surface area contributed by atoms with E-state index in [0.717, 1.165) is 11.6 Å². The molecule has 1 aromatic heterocycles. The molecule has 6 nitrogen and oxygen atoms in total. The number of para-hydroxylation sites is 1. The average molecular weight is 448 g/mol. The molecule has 2 aromatic carbocycles. The summed E-state index contributed by atoms with van der Waals surface area (Å²) in [5.41, 5.74) is 1.14. The zero-order valence-electron chi connectivity index (χ0n) is 16.5. The molecule has 0 fully saturated rings. The van der Waals surface area contributed by atoms with Crippen LogP contribution in [-0.2, 0) is 10.0 Å². The van der Waals surface area contributed by atoms with E-state index in [9.17, 15) is 17.6 Å². The molecule has 0 spiro atoms. The lowest BCUT2D eigenvalue weighted by atomic mass is 10.1. The molecule has 0 saturated carbocycles. The summed E-state index contributed by atoms with van der Waals surface area (Å²) in [7, 11) is -0.196. The Balaban J connectivity index is 1.74. The topological polar surface area (TPSA) is 78.5 Å². The van der Waals surface area contributed by atoms with Gasteiger partial charge in [0.05, 0.1) is 16.6 Å². The number of likely N-dealkylation sites (N-methyl/N-ethyl adjacent to an activating group) is 1. The number of thiophene rings is 1. The lowest BCUT2D eigenvalue weighted by Gasteiger charge is -2.24. The van der Waals surface area contributed by atoms with E-state index in [-0.39, 0.29) is 28.1 Å². The van der Waals surface area contributed by atoms with Gasteiger partial charge in [0.25, 0.3) is 15.9 Å². The number of rotatable bonds is 8. The highest BCUT2D eigenvalue weighted by Gasteiger charge is 2.19. The molecule has 3 rings (SSSR count). The van der Waals surface area contributed by atoms with E-state index in [1.165, 1.54) is 42.5 Å². The molecule has 0 saturated heterocycles. The molecule has 3 aromatic rings. The third kappa shape index (κ3) is 5.24. The van der Waals surface area contributed by atoms with Crippen molar-refractivity contribution in [3.63, 3.8) is 0 Å². The number of sulfonamides is 1. The Labute approximate surface area is 179 Å². The Morgan fingerprint density at radius 3 is 2.57 bits per heavy atom. The number of benzene rings is 2. The van der Waals surface area contributed by atoms with Crippen molar-refractivity contribution in [2.75, 3.05) is 25.4 Å². The maximum atomic E-state index is 13.8. The van der Waals surface area contributed by atoms with Crippen molar-refractivity contribution in [2.24, 2.45) is 0 Å². The minimum absolute atomic E-state index is 0.00478. The van der Waals surface area contributed by atoms with Crippen LogP contribution < -0.4 is 10.0 Å². The fourth-order valence-corrected chi connectivity index (χ4v) is 4.73. The number of anilines is 1. The first-order valence-electron chi connectivity index (χ1n) is 9.12. The van der Waals surface area contributed by atoms with Crippen LogP contribution in [0.4, 0.5) is 10.1 Å². The zero-order valence-corrected chi connectivity index (χ0v) is 18.1. The molecule has 1 atom stereocenters. The van der Waals surface area contributed by atoms with E-state index >= 15 is 0 Å². The summed E-state index contributed by atoms with van der Waals surface area (Å²) in [5.74, 6) is -1.07. The summed E-state index contributed by atoms with van der Waals surface area (Å²) >= 11 is 1.58. The normalized spacial score (nSPS) is 12.5. The molecule has 2 N–H and O–H groups in total. The summed E-state index contributed by atoms with van der Waals surface area (Å²) in [6, 6.07) is 13.1. The number of carbonyl (C=O) groups excluding carboxylic acids is 1. The van der Waals surface area contributed by atoms with Crippen LogP contribution in [0.25, 0.3) is 0 Å². The second-order valence-corrected chi connectivity index (χ2v) is 9.32. The van der Waals surface area contributed by atoms with Gasteiger partial charge in [-0.1, -0.05) is 18.2 Å². The Morgan fingerprint density at radius 1 is 1.13 bits per heavy atom. The van der Waals surface area contributed by atoms with E-state index in [4.69, 9.17) is 0 Å². The van der Waals surface area contributed by atoms with Gasteiger partial charge in [-0.15, -0.1) is 0 Å². The molecule has 0 radical (unpaired) electrons. The van der Waals surface area contributed by atoms with Gasteiger partial charge in [-0.25, -0.2) is 12.8 Å². The number of amides is 1. The van der Waals surface area contributed by atoms with Crippen molar-refractivity contribution < 1.29 is 17.6 Å². The van der Waals surface area contributed by atoms with Crippen LogP contribution >= 0.6 is 11.3 Å². The molecule has 0 bridgehead atoms. The van der Waals surface area contributed by atoms with E-state index < -0.39 is 15.8 Å². The first kappa shape index (κ1) is 21.9. The highest BCUT2D eigenvalue weighted by molar-refractivity contribution is 7.92. The predicted octanol–water partition coefficient (Wildman–Crippen LogP) is 3.72. The number of nitrogens with zero attached hydrogens (tertiary/aromatic N) is 1. The molecule has 158 valence electrons. The van der Waals surface area contributed by atoms with Crippen LogP contribution in [-0.4, -0.2) is 39.9 Å². The molecule has 9 heteroatoms. The summed E-state index contributed by atoms with van der Waals surface area (Å²) in [6.45, 7) is 0.368. The van der Waals surface area contributed by atoms with Gasteiger partial charge in [0, 0.05) is 12.1 Å². The summed E-state index contributed by atoms with van der Waals surface area (Å²) in [4.78, 5) is 14.5. The van der Waals surface area contributed by atoms with E-state index in [1.54, 1.807) is 11.3 Å². The minimum atomic E-state index is -4.05. The smallest absolute Gasteiger partial charge is 0.262 e. The Morgan fingerprint density at radius 2 is 1.90 bits per heavy atom. The SMILES string of the molecule is CN(C)C(CNC(=O)c1cccc(S(=O)(=O)Nc2ccccc2F)c1)c1ccsc1. The Kier molecular flexibility index (Phi) is 6.86. The maximum Gasteiger partial charge on any atom is 0.262 e. The van der Waals surface area contributed by atoms with Crippen molar-refractivity contribution in [3.8, 4) is 0 Å².